The van der Waals surface area contributed by atoms with Crippen LogP contribution in [0.5, 0.6) is 0 Å². The molecule has 0 amide bonds. The molecular formula is C17H18ClN3. The lowest BCUT2D eigenvalue weighted by Crippen LogP contribution is -2.39. The van der Waals surface area contributed by atoms with Gasteiger partial charge in [0.15, 0.2) is 5.96 Å². The molecule has 21 heavy (non-hydrogen) atoms. The van der Waals surface area contributed by atoms with Gasteiger partial charge in [0.1, 0.15) is 0 Å². The highest BCUT2D eigenvalue weighted by molar-refractivity contribution is 6.31. The van der Waals surface area contributed by atoms with Crippen LogP contribution in [0.1, 0.15) is 35.2 Å². The van der Waals surface area contributed by atoms with Crippen LogP contribution >= 0.6 is 11.6 Å². The average molecular weight is 300 g/mol. The van der Waals surface area contributed by atoms with Crippen LogP contribution < -0.4 is 11.1 Å². The van der Waals surface area contributed by atoms with E-state index in [0.29, 0.717) is 5.96 Å². The van der Waals surface area contributed by atoms with E-state index in [4.69, 9.17) is 17.3 Å². The second-order valence-electron chi connectivity index (χ2n) is 5.39. The van der Waals surface area contributed by atoms with E-state index in [2.05, 4.69) is 41.5 Å². The summed E-state index contributed by atoms with van der Waals surface area (Å²) in [6, 6.07) is 16.5. The van der Waals surface area contributed by atoms with Crippen molar-refractivity contribution in [1.29, 1.82) is 0 Å². The number of aryl methyl sites for hydroxylation is 1. The maximum atomic E-state index is 6.30. The first-order chi connectivity index (χ1) is 10.1. The van der Waals surface area contributed by atoms with Crippen molar-refractivity contribution in [3.05, 3.63) is 70.2 Å². The number of guanidine groups is 1. The molecule has 2 atom stereocenters. The van der Waals surface area contributed by atoms with Crippen LogP contribution in [0, 0.1) is 6.92 Å². The first-order valence-corrected chi connectivity index (χ1v) is 7.42. The second kappa shape index (κ2) is 5.78. The SMILES string of the molecule is Cc1ccc(C2CC(c3ccccc3Cl)NC(N)=N2)cc1. The normalized spacial score (nSPS) is 21.5. The first-order valence-electron chi connectivity index (χ1n) is 7.04. The Hall–Kier alpha value is -2.00. The molecule has 1 heterocycles. The molecule has 0 saturated carbocycles. The molecule has 0 spiro atoms. The van der Waals surface area contributed by atoms with Crippen LogP contribution in [0.3, 0.4) is 0 Å². The molecule has 0 radical (unpaired) electrons. The fourth-order valence-electron chi connectivity index (χ4n) is 2.68. The highest BCUT2D eigenvalue weighted by Crippen LogP contribution is 2.34. The largest absolute Gasteiger partial charge is 0.370 e. The molecule has 0 bridgehead atoms. The minimum atomic E-state index is 0.0631. The van der Waals surface area contributed by atoms with Crippen molar-refractivity contribution in [3.63, 3.8) is 0 Å². The Labute approximate surface area is 129 Å². The summed E-state index contributed by atoms with van der Waals surface area (Å²) in [6.07, 6.45) is 0.841. The molecule has 0 saturated heterocycles. The van der Waals surface area contributed by atoms with Crippen LogP contribution in [0.4, 0.5) is 0 Å². The van der Waals surface area contributed by atoms with Gasteiger partial charge in [0.05, 0.1) is 12.1 Å². The summed E-state index contributed by atoms with van der Waals surface area (Å²) in [5, 5.41) is 3.98. The number of hydrogen-bond acceptors (Lipinski definition) is 3. The predicted molar refractivity (Wildman–Crippen MR) is 87.5 cm³/mol. The van der Waals surface area contributed by atoms with Crippen molar-refractivity contribution in [2.45, 2.75) is 25.4 Å². The molecule has 3 nitrogen and oxygen atoms in total. The quantitative estimate of drug-likeness (QED) is 0.887. The molecule has 1 aliphatic rings. The van der Waals surface area contributed by atoms with Gasteiger partial charge in [0.25, 0.3) is 0 Å². The molecule has 0 aliphatic carbocycles. The van der Waals surface area contributed by atoms with Crippen LogP contribution in [0.15, 0.2) is 53.5 Å². The third-order valence-electron chi connectivity index (χ3n) is 3.82. The van der Waals surface area contributed by atoms with Crippen molar-refractivity contribution in [1.82, 2.24) is 5.32 Å². The molecule has 108 valence electrons. The summed E-state index contributed by atoms with van der Waals surface area (Å²) < 4.78 is 0. The molecule has 1 aliphatic heterocycles. The minimum absolute atomic E-state index is 0.0631. The van der Waals surface area contributed by atoms with E-state index < -0.39 is 0 Å². The van der Waals surface area contributed by atoms with Gasteiger partial charge >= 0.3 is 0 Å². The number of halogens is 1. The Morgan fingerprint density at radius 3 is 2.57 bits per heavy atom. The Kier molecular flexibility index (Phi) is 3.84. The Bertz CT molecular complexity index is 664. The summed E-state index contributed by atoms with van der Waals surface area (Å²) in [5.41, 5.74) is 9.46. The molecule has 0 aromatic heterocycles. The number of nitrogens with two attached hydrogens (primary N) is 1. The van der Waals surface area contributed by atoms with Gasteiger partial charge in [0.2, 0.25) is 0 Å². The molecule has 3 N–H and O–H groups in total. The monoisotopic (exact) mass is 299 g/mol. The highest BCUT2D eigenvalue weighted by Gasteiger charge is 2.25. The summed E-state index contributed by atoms with van der Waals surface area (Å²) in [7, 11) is 0. The van der Waals surface area contributed by atoms with Gasteiger partial charge in [-0.3, -0.25) is 0 Å². The second-order valence-corrected chi connectivity index (χ2v) is 5.80. The van der Waals surface area contributed by atoms with Crippen molar-refractivity contribution in [3.8, 4) is 0 Å². The Morgan fingerprint density at radius 2 is 1.86 bits per heavy atom. The predicted octanol–water partition coefficient (Wildman–Crippen LogP) is 3.74. The lowest BCUT2D eigenvalue weighted by molar-refractivity contribution is 0.487. The zero-order valence-corrected chi connectivity index (χ0v) is 12.6. The standard InChI is InChI=1S/C17H18ClN3/c1-11-6-8-12(9-7-11)15-10-16(21-17(19)20-15)13-4-2-3-5-14(13)18/h2-9,15-16H,10H2,1H3,(H3,19,20,21). The van der Waals surface area contributed by atoms with Gasteiger partial charge in [-0.25, -0.2) is 4.99 Å². The zero-order chi connectivity index (χ0) is 14.8. The summed E-state index contributed by atoms with van der Waals surface area (Å²) >= 11 is 6.30. The van der Waals surface area contributed by atoms with E-state index in [9.17, 15) is 0 Å². The van der Waals surface area contributed by atoms with Crippen LogP contribution in [-0.2, 0) is 0 Å². The lowest BCUT2D eigenvalue weighted by Gasteiger charge is -2.29. The van der Waals surface area contributed by atoms with Crippen molar-refractivity contribution in [2.75, 3.05) is 0 Å². The van der Waals surface area contributed by atoms with Gasteiger partial charge in [-0.2, -0.15) is 0 Å². The van der Waals surface area contributed by atoms with E-state index in [1.165, 1.54) is 11.1 Å². The number of rotatable bonds is 2. The van der Waals surface area contributed by atoms with E-state index in [-0.39, 0.29) is 12.1 Å². The lowest BCUT2D eigenvalue weighted by atomic mass is 9.93. The molecule has 2 unspecified atom stereocenters. The molecular weight excluding hydrogens is 282 g/mol. The molecule has 2 aromatic rings. The van der Waals surface area contributed by atoms with Crippen molar-refractivity contribution in [2.24, 2.45) is 10.7 Å². The van der Waals surface area contributed by atoms with Gasteiger partial charge in [-0.15, -0.1) is 0 Å². The van der Waals surface area contributed by atoms with Gasteiger partial charge in [-0.1, -0.05) is 59.6 Å². The van der Waals surface area contributed by atoms with E-state index >= 15 is 0 Å². The fourth-order valence-corrected chi connectivity index (χ4v) is 2.95. The molecule has 3 rings (SSSR count). The van der Waals surface area contributed by atoms with Crippen LogP contribution in [0.25, 0.3) is 0 Å². The third kappa shape index (κ3) is 3.03. The summed E-state index contributed by atoms with van der Waals surface area (Å²) in [6.45, 7) is 2.08. The van der Waals surface area contributed by atoms with Crippen LogP contribution in [-0.4, -0.2) is 5.96 Å². The van der Waals surface area contributed by atoms with Gasteiger partial charge < -0.3 is 11.1 Å². The maximum absolute atomic E-state index is 6.30. The first kappa shape index (κ1) is 14.0. The third-order valence-corrected chi connectivity index (χ3v) is 4.16. The Balaban J connectivity index is 1.89. The molecule has 4 heteroatoms. The van der Waals surface area contributed by atoms with E-state index in [1.54, 1.807) is 0 Å². The summed E-state index contributed by atoms with van der Waals surface area (Å²) in [4.78, 5) is 4.53. The van der Waals surface area contributed by atoms with Crippen molar-refractivity contribution < 1.29 is 0 Å². The van der Waals surface area contributed by atoms with Crippen molar-refractivity contribution >= 4 is 17.6 Å². The smallest absolute Gasteiger partial charge is 0.189 e. The Morgan fingerprint density at radius 1 is 1.14 bits per heavy atom. The van der Waals surface area contributed by atoms with E-state index in [0.717, 1.165) is 17.0 Å². The number of aliphatic imine (C=N–C) groups is 1. The van der Waals surface area contributed by atoms with Gasteiger partial charge in [0, 0.05) is 5.02 Å². The topological polar surface area (TPSA) is 50.4 Å². The summed E-state index contributed by atoms with van der Waals surface area (Å²) in [5.74, 6) is 0.469. The molecule has 2 aromatic carbocycles. The number of nitrogens with one attached hydrogen (secondary N) is 1. The number of benzene rings is 2. The fraction of sp³-hybridized carbons (Fsp3) is 0.235. The minimum Gasteiger partial charge on any atom is -0.370 e. The number of hydrogen-bond donors (Lipinski definition) is 2. The molecule has 0 fully saturated rings. The average Bonchev–Trinajstić information content (AvgIpc) is 2.48. The zero-order valence-electron chi connectivity index (χ0n) is 11.9. The van der Waals surface area contributed by atoms with Crippen LogP contribution in [0.2, 0.25) is 5.02 Å². The highest BCUT2D eigenvalue weighted by atomic mass is 35.5. The van der Waals surface area contributed by atoms with Gasteiger partial charge in [-0.05, 0) is 30.5 Å². The number of nitrogens with zero attached hydrogens (tertiary/aromatic N) is 1. The van der Waals surface area contributed by atoms with E-state index in [1.807, 2.05) is 24.3 Å². The maximum Gasteiger partial charge on any atom is 0.189 e.